The molecule has 1 fully saturated rings. The second kappa shape index (κ2) is 6.08. The van der Waals surface area contributed by atoms with E-state index in [4.69, 9.17) is 11.6 Å². The van der Waals surface area contributed by atoms with Gasteiger partial charge in [-0.25, -0.2) is 0 Å². The Morgan fingerprint density at radius 2 is 2.37 bits per heavy atom. The van der Waals surface area contributed by atoms with Crippen molar-refractivity contribution in [3.8, 4) is 0 Å². The van der Waals surface area contributed by atoms with Crippen LogP contribution in [0.3, 0.4) is 0 Å². The van der Waals surface area contributed by atoms with Crippen LogP contribution in [0.1, 0.15) is 17.4 Å². The number of H-pyrrole nitrogens is 1. The van der Waals surface area contributed by atoms with Gasteiger partial charge in [-0.05, 0) is 13.0 Å². The number of piperazine rings is 1. The summed E-state index contributed by atoms with van der Waals surface area (Å²) in [6, 6.07) is 1.09. The van der Waals surface area contributed by atoms with Crippen molar-refractivity contribution in [3.63, 3.8) is 0 Å². The predicted octanol–water partition coefficient (Wildman–Crippen LogP) is 0.218. The number of halogens is 1. The van der Waals surface area contributed by atoms with E-state index >= 15 is 0 Å². The third-order valence-electron chi connectivity index (χ3n) is 3.04. The standard InChI is InChI=1S/C12H17ClN4O2/c1-2-15-11(18)10-7-14-3-4-17(10)12(19)9-5-8(13)6-16-9/h5-6,10,14,16H,2-4,7H2,1H3,(H,15,18). The van der Waals surface area contributed by atoms with Crippen LogP contribution in [-0.2, 0) is 4.79 Å². The molecule has 6 nitrogen and oxygen atoms in total. The Balaban J connectivity index is 2.15. The molecule has 1 aliphatic rings. The molecule has 1 saturated heterocycles. The largest absolute Gasteiger partial charge is 0.356 e. The number of nitrogens with zero attached hydrogens (tertiary/aromatic N) is 1. The third kappa shape index (κ3) is 3.08. The zero-order chi connectivity index (χ0) is 13.8. The van der Waals surface area contributed by atoms with Crippen LogP contribution in [0.2, 0.25) is 5.02 Å². The smallest absolute Gasteiger partial charge is 0.271 e. The van der Waals surface area contributed by atoms with Gasteiger partial charge in [0.2, 0.25) is 5.91 Å². The minimum absolute atomic E-state index is 0.138. The summed E-state index contributed by atoms with van der Waals surface area (Å²) in [4.78, 5) is 28.7. The molecule has 2 amide bonds. The summed E-state index contributed by atoms with van der Waals surface area (Å²) in [5.74, 6) is -0.342. The molecule has 1 aromatic heterocycles. The molecule has 1 atom stereocenters. The second-order valence-electron chi connectivity index (χ2n) is 4.34. The molecule has 0 aromatic carbocycles. The van der Waals surface area contributed by atoms with Crippen molar-refractivity contribution in [2.24, 2.45) is 0 Å². The van der Waals surface area contributed by atoms with E-state index in [9.17, 15) is 9.59 Å². The van der Waals surface area contributed by atoms with E-state index in [1.165, 1.54) is 0 Å². The Hall–Kier alpha value is -1.53. The fourth-order valence-electron chi connectivity index (χ4n) is 2.12. The summed E-state index contributed by atoms with van der Waals surface area (Å²) in [7, 11) is 0. The molecule has 104 valence electrons. The molecule has 2 heterocycles. The van der Waals surface area contributed by atoms with Gasteiger partial charge in [0.15, 0.2) is 0 Å². The van der Waals surface area contributed by atoms with Gasteiger partial charge in [0.05, 0.1) is 5.02 Å². The van der Waals surface area contributed by atoms with Gasteiger partial charge in [-0.3, -0.25) is 9.59 Å². The molecule has 0 spiro atoms. The Morgan fingerprint density at radius 3 is 3.00 bits per heavy atom. The van der Waals surface area contributed by atoms with Crippen molar-refractivity contribution in [3.05, 3.63) is 23.0 Å². The summed E-state index contributed by atoms with van der Waals surface area (Å²) in [5, 5.41) is 6.35. The third-order valence-corrected chi connectivity index (χ3v) is 3.25. The van der Waals surface area contributed by atoms with Crippen LogP contribution >= 0.6 is 11.6 Å². The number of aromatic amines is 1. The van der Waals surface area contributed by atoms with Gasteiger partial charge in [-0.1, -0.05) is 11.6 Å². The lowest BCUT2D eigenvalue weighted by molar-refractivity contribution is -0.126. The number of rotatable bonds is 3. The lowest BCUT2D eigenvalue weighted by Gasteiger charge is -2.34. The van der Waals surface area contributed by atoms with E-state index in [1.807, 2.05) is 6.92 Å². The first kappa shape index (κ1) is 13.9. The maximum Gasteiger partial charge on any atom is 0.271 e. The summed E-state index contributed by atoms with van der Waals surface area (Å²) in [6.07, 6.45) is 1.55. The number of aromatic nitrogens is 1. The van der Waals surface area contributed by atoms with Crippen LogP contribution in [0.4, 0.5) is 0 Å². The first-order valence-corrected chi connectivity index (χ1v) is 6.64. The SMILES string of the molecule is CCNC(=O)C1CNCCN1C(=O)c1cc(Cl)c[nH]1. The summed E-state index contributed by atoms with van der Waals surface area (Å²) in [5.41, 5.74) is 0.404. The molecule has 1 aliphatic heterocycles. The van der Waals surface area contributed by atoms with Crippen LogP contribution in [0.5, 0.6) is 0 Å². The normalized spacial score (nSPS) is 19.3. The van der Waals surface area contributed by atoms with Crippen molar-refractivity contribution >= 4 is 23.4 Å². The van der Waals surface area contributed by atoms with Crippen LogP contribution in [-0.4, -0.2) is 53.9 Å². The number of likely N-dealkylation sites (N-methyl/N-ethyl adjacent to an activating group) is 1. The van der Waals surface area contributed by atoms with E-state index in [0.717, 1.165) is 0 Å². The monoisotopic (exact) mass is 284 g/mol. The van der Waals surface area contributed by atoms with Crippen LogP contribution < -0.4 is 10.6 Å². The van der Waals surface area contributed by atoms with E-state index in [1.54, 1.807) is 17.2 Å². The summed E-state index contributed by atoms with van der Waals surface area (Å²) >= 11 is 5.80. The highest BCUT2D eigenvalue weighted by molar-refractivity contribution is 6.31. The molecule has 7 heteroatoms. The van der Waals surface area contributed by atoms with Crippen molar-refractivity contribution < 1.29 is 9.59 Å². The Labute approximate surface area is 116 Å². The zero-order valence-electron chi connectivity index (χ0n) is 10.7. The van der Waals surface area contributed by atoms with E-state index in [2.05, 4.69) is 15.6 Å². The molecule has 3 N–H and O–H groups in total. The number of carbonyl (C=O) groups excluding carboxylic acids is 2. The predicted molar refractivity (Wildman–Crippen MR) is 72.2 cm³/mol. The lowest BCUT2D eigenvalue weighted by atomic mass is 10.1. The van der Waals surface area contributed by atoms with Gasteiger partial charge < -0.3 is 20.5 Å². The molecule has 0 bridgehead atoms. The van der Waals surface area contributed by atoms with E-state index < -0.39 is 6.04 Å². The fraction of sp³-hybridized carbons (Fsp3) is 0.500. The van der Waals surface area contributed by atoms with Gasteiger partial charge in [0.1, 0.15) is 11.7 Å². The highest BCUT2D eigenvalue weighted by Gasteiger charge is 2.32. The van der Waals surface area contributed by atoms with Gasteiger partial charge in [-0.15, -0.1) is 0 Å². The van der Waals surface area contributed by atoms with E-state index in [-0.39, 0.29) is 11.8 Å². The molecular weight excluding hydrogens is 268 g/mol. The molecule has 2 rings (SSSR count). The topological polar surface area (TPSA) is 77.2 Å². The minimum atomic E-state index is -0.483. The van der Waals surface area contributed by atoms with Gasteiger partial charge in [0.25, 0.3) is 5.91 Å². The fourth-order valence-corrected chi connectivity index (χ4v) is 2.28. The molecule has 1 aromatic rings. The molecular formula is C12H17ClN4O2. The Bertz CT molecular complexity index is 474. The van der Waals surface area contributed by atoms with Gasteiger partial charge >= 0.3 is 0 Å². The van der Waals surface area contributed by atoms with Crippen LogP contribution in [0.25, 0.3) is 0 Å². The quantitative estimate of drug-likeness (QED) is 0.743. The minimum Gasteiger partial charge on any atom is -0.356 e. The van der Waals surface area contributed by atoms with Crippen molar-refractivity contribution in [2.75, 3.05) is 26.2 Å². The van der Waals surface area contributed by atoms with Crippen LogP contribution in [0.15, 0.2) is 12.3 Å². The number of nitrogens with one attached hydrogen (secondary N) is 3. The van der Waals surface area contributed by atoms with Gasteiger partial charge in [0, 0.05) is 32.4 Å². The van der Waals surface area contributed by atoms with E-state index in [0.29, 0.717) is 36.9 Å². The Kier molecular flexibility index (Phi) is 4.44. The highest BCUT2D eigenvalue weighted by atomic mass is 35.5. The van der Waals surface area contributed by atoms with Crippen molar-refractivity contribution in [1.29, 1.82) is 0 Å². The molecule has 0 aliphatic carbocycles. The van der Waals surface area contributed by atoms with Crippen LogP contribution in [0, 0.1) is 0 Å². The maximum absolute atomic E-state index is 12.4. The molecule has 1 unspecified atom stereocenters. The average molecular weight is 285 g/mol. The number of hydrogen-bond acceptors (Lipinski definition) is 3. The van der Waals surface area contributed by atoms with Gasteiger partial charge in [-0.2, -0.15) is 0 Å². The first-order valence-electron chi connectivity index (χ1n) is 6.26. The first-order chi connectivity index (χ1) is 9.13. The molecule has 0 radical (unpaired) electrons. The number of carbonyl (C=O) groups is 2. The summed E-state index contributed by atoms with van der Waals surface area (Å²) in [6.45, 7) is 4.04. The summed E-state index contributed by atoms with van der Waals surface area (Å²) < 4.78 is 0. The zero-order valence-corrected chi connectivity index (χ0v) is 11.5. The lowest BCUT2D eigenvalue weighted by Crippen LogP contribution is -2.59. The van der Waals surface area contributed by atoms with Crippen molar-refractivity contribution in [2.45, 2.75) is 13.0 Å². The molecule has 19 heavy (non-hydrogen) atoms. The number of amides is 2. The number of hydrogen-bond donors (Lipinski definition) is 3. The average Bonchev–Trinajstić information content (AvgIpc) is 2.85. The maximum atomic E-state index is 12.4. The van der Waals surface area contributed by atoms with Crippen molar-refractivity contribution in [1.82, 2.24) is 20.5 Å². The second-order valence-corrected chi connectivity index (χ2v) is 4.78. The molecule has 0 saturated carbocycles. The highest BCUT2D eigenvalue weighted by Crippen LogP contribution is 2.14. The Morgan fingerprint density at radius 1 is 1.58 bits per heavy atom.